The fourth-order valence-corrected chi connectivity index (χ4v) is 2.21. The summed E-state index contributed by atoms with van der Waals surface area (Å²) in [5.41, 5.74) is 6.62. The standard InChI is InChI=1S/C17H15ClN2O3/c1-23-15-8-6-11(10-13(15)18)7-9-16(21)20-14-5-3-2-4-12(14)17(19)22/h2-10H,1H3,(H2,19,22)(H,20,21). The molecule has 23 heavy (non-hydrogen) atoms. The van der Waals surface area contributed by atoms with Gasteiger partial charge >= 0.3 is 0 Å². The van der Waals surface area contributed by atoms with Crippen molar-refractivity contribution in [1.29, 1.82) is 0 Å². The van der Waals surface area contributed by atoms with Gasteiger partial charge in [-0.2, -0.15) is 0 Å². The number of carbonyl (C=O) groups excluding carboxylic acids is 2. The molecule has 0 aliphatic rings. The molecule has 3 N–H and O–H groups in total. The highest BCUT2D eigenvalue weighted by Gasteiger charge is 2.08. The van der Waals surface area contributed by atoms with Crippen molar-refractivity contribution in [2.75, 3.05) is 12.4 Å². The van der Waals surface area contributed by atoms with Crippen molar-refractivity contribution in [2.45, 2.75) is 0 Å². The Bertz CT molecular complexity index is 772. The summed E-state index contributed by atoms with van der Waals surface area (Å²) in [6, 6.07) is 11.7. The highest BCUT2D eigenvalue weighted by Crippen LogP contribution is 2.25. The average Bonchev–Trinajstić information content (AvgIpc) is 2.53. The number of ether oxygens (including phenoxy) is 1. The quantitative estimate of drug-likeness (QED) is 0.826. The summed E-state index contributed by atoms with van der Waals surface area (Å²) in [5.74, 6) is -0.430. The first-order valence-electron chi connectivity index (χ1n) is 6.72. The molecule has 0 atom stereocenters. The molecule has 2 rings (SSSR count). The molecule has 5 nitrogen and oxygen atoms in total. The second-order valence-corrected chi connectivity index (χ2v) is 5.03. The van der Waals surface area contributed by atoms with Gasteiger partial charge in [0, 0.05) is 6.08 Å². The van der Waals surface area contributed by atoms with Crippen LogP contribution in [0.15, 0.2) is 48.5 Å². The predicted octanol–water partition coefficient (Wildman–Crippen LogP) is 3.10. The first kappa shape index (κ1) is 16.6. The molecule has 118 valence electrons. The zero-order valence-electron chi connectivity index (χ0n) is 12.4. The molecule has 2 amide bonds. The average molecular weight is 331 g/mol. The number of anilines is 1. The summed E-state index contributed by atoms with van der Waals surface area (Å²) < 4.78 is 5.06. The number of carbonyl (C=O) groups is 2. The smallest absolute Gasteiger partial charge is 0.250 e. The van der Waals surface area contributed by atoms with Crippen molar-refractivity contribution >= 4 is 35.2 Å². The molecule has 0 fully saturated rings. The fraction of sp³-hybridized carbons (Fsp3) is 0.0588. The minimum Gasteiger partial charge on any atom is -0.495 e. The zero-order chi connectivity index (χ0) is 16.8. The first-order valence-corrected chi connectivity index (χ1v) is 7.10. The second kappa shape index (κ2) is 7.47. The Morgan fingerprint density at radius 1 is 1.22 bits per heavy atom. The maximum atomic E-state index is 12.0. The van der Waals surface area contributed by atoms with E-state index in [0.717, 1.165) is 5.56 Å². The predicted molar refractivity (Wildman–Crippen MR) is 90.6 cm³/mol. The monoisotopic (exact) mass is 330 g/mol. The van der Waals surface area contributed by atoms with Crippen molar-refractivity contribution in [1.82, 2.24) is 0 Å². The molecule has 0 spiro atoms. The van der Waals surface area contributed by atoms with Crippen LogP contribution in [0.5, 0.6) is 5.75 Å². The van der Waals surface area contributed by atoms with Gasteiger partial charge < -0.3 is 15.8 Å². The van der Waals surface area contributed by atoms with Crippen LogP contribution in [-0.4, -0.2) is 18.9 Å². The Morgan fingerprint density at radius 2 is 1.96 bits per heavy atom. The van der Waals surface area contributed by atoms with Crippen LogP contribution in [0.4, 0.5) is 5.69 Å². The lowest BCUT2D eigenvalue weighted by Gasteiger charge is -2.06. The number of methoxy groups -OCH3 is 1. The molecule has 0 heterocycles. The van der Waals surface area contributed by atoms with Gasteiger partial charge in [0.25, 0.3) is 5.91 Å². The summed E-state index contributed by atoms with van der Waals surface area (Å²) >= 11 is 6.02. The van der Waals surface area contributed by atoms with E-state index in [1.54, 1.807) is 48.5 Å². The molecule has 0 saturated heterocycles. The number of hydrogen-bond acceptors (Lipinski definition) is 3. The Labute approximate surface area is 138 Å². The van der Waals surface area contributed by atoms with Crippen molar-refractivity contribution in [3.8, 4) is 5.75 Å². The van der Waals surface area contributed by atoms with E-state index in [-0.39, 0.29) is 11.5 Å². The SMILES string of the molecule is COc1ccc(C=CC(=O)Nc2ccccc2C(N)=O)cc1Cl. The summed E-state index contributed by atoms with van der Waals surface area (Å²) in [6.07, 6.45) is 2.95. The number of benzene rings is 2. The van der Waals surface area contributed by atoms with Gasteiger partial charge in [-0.05, 0) is 35.9 Å². The van der Waals surface area contributed by atoms with E-state index >= 15 is 0 Å². The van der Waals surface area contributed by atoms with Crippen LogP contribution in [0.3, 0.4) is 0 Å². The third kappa shape index (κ3) is 4.34. The molecule has 0 saturated carbocycles. The van der Waals surface area contributed by atoms with Crippen LogP contribution in [0.1, 0.15) is 15.9 Å². The van der Waals surface area contributed by atoms with Gasteiger partial charge in [0.1, 0.15) is 5.75 Å². The maximum absolute atomic E-state index is 12.0. The lowest BCUT2D eigenvalue weighted by atomic mass is 10.1. The van der Waals surface area contributed by atoms with E-state index in [2.05, 4.69) is 5.32 Å². The van der Waals surface area contributed by atoms with Crippen LogP contribution < -0.4 is 15.8 Å². The van der Waals surface area contributed by atoms with E-state index in [4.69, 9.17) is 22.1 Å². The number of primary amides is 1. The van der Waals surface area contributed by atoms with E-state index in [0.29, 0.717) is 16.5 Å². The normalized spacial score (nSPS) is 10.5. The van der Waals surface area contributed by atoms with Gasteiger partial charge in [-0.1, -0.05) is 29.8 Å². The van der Waals surface area contributed by atoms with E-state index in [1.165, 1.54) is 13.2 Å². The van der Waals surface area contributed by atoms with Gasteiger partial charge in [-0.25, -0.2) is 0 Å². The fourth-order valence-electron chi connectivity index (χ4n) is 1.94. The molecule has 0 aliphatic carbocycles. The van der Waals surface area contributed by atoms with E-state index in [9.17, 15) is 9.59 Å². The first-order chi connectivity index (χ1) is 11.0. The number of nitrogens with one attached hydrogen (secondary N) is 1. The highest BCUT2D eigenvalue weighted by molar-refractivity contribution is 6.32. The summed E-state index contributed by atoms with van der Waals surface area (Å²) in [5, 5.41) is 3.07. The molecule has 0 aromatic heterocycles. The Kier molecular flexibility index (Phi) is 5.38. The van der Waals surface area contributed by atoms with Crippen molar-refractivity contribution in [3.63, 3.8) is 0 Å². The van der Waals surface area contributed by atoms with E-state index < -0.39 is 5.91 Å². The van der Waals surface area contributed by atoms with E-state index in [1.807, 2.05) is 0 Å². The number of amides is 2. The number of hydrogen-bond donors (Lipinski definition) is 2. The largest absolute Gasteiger partial charge is 0.495 e. The lowest BCUT2D eigenvalue weighted by Crippen LogP contribution is -2.16. The molecule has 0 aliphatic heterocycles. The highest BCUT2D eigenvalue weighted by atomic mass is 35.5. The zero-order valence-corrected chi connectivity index (χ0v) is 13.1. The molecule has 2 aromatic rings. The van der Waals surface area contributed by atoms with Crippen LogP contribution in [0.2, 0.25) is 5.02 Å². The Balaban J connectivity index is 2.11. The number of rotatable bonds is 5. The summed E-state index contributed by atoms with van der Waals surface area (Å²) in [7, 11) is 1.53. The minimum absolute atomic E-state index is 0.252. The number of halogens is 1. The molecular formula is C17H15ClN2O3. The Morgan fingerprint density at radius 3 is 2.61 bits per heavy atom. The summed E-state index contributed by atoms with van der Waals surface area (Å²) in [6.45, 7) is 0. The van der Waals surface area contributed by atoms with Crippen LogP contribution in [-0.2, 0) is 4.79 Å². The number of nitrogens with two attached hydrogens (primary N) is 1. The van der Waals surface area contributed by atoms with Gasteiger partial charge in [0.2, 0.25) is 5.91 Å². The molecule has 6 heteroatoms. The van der Waals surface area contributed by atoms with Crippen LogP contribution in [0, 0.1) is 0 Å². The molecule has 0 bridgehead atoms. The van der Waals surface area contributed by atoms with Crippen molar-refractivity contribution in [3.05, 3.63) is 64.7 Å². The van der Waals surface area contributed by atoms with Gasteiger partial charge in [-0.15, -0.1) is 0 Å². The van der Waals surface area contributed by atoms with Crippen LogP contribution in [0.25, 0.3) is 6.08 Å². The maximum Gasteiger partial charge on any atom is 0.250 e. The number of para-hydroxylation sites is 1. The van der Waals surface area contributed by atoms with Crippen molar-refractivity contribution < 1.29 is 14.3 Å². The molecule has 0 radical (unpaired) electrons. The second-order valence-electron chi connectivity index (χ2n) is 4.63. The molecular weight excluding hydrogens is 316 g/mol. The van der Waals surface area contributed by atoms with Gasteiger partial charge in [-0.3, -0.25) is 9.59 Å². The van der Waals surface area contributed by atoms with Gasteiger partial charge in [0.15, 0.2) is 0 Å². The van der Waals surface area contributed by atoms with Gasteiger partial charge in [0.05, 0.1) is 23.4 Å². The lowest BCUT2D eigenvalue weighted by molar-refractivity contribution is -0.111. The Hall–Kier alpha value is -2.79. The topological polar surface area (TPSA) is 81.4 Å². The molecule has 2 aromatic carbocycles. The van der Waals surface area contributed by atoms with Crippen LogP contribution >= 0.6 is 11.6 Å². The minimum atomic E-state index is -0.605. The third-order valence-corrected chi connectivity index (χ3v) is 3.35. The van der Waals surface area contributed by atoms with Crippen molar-refractivity contribution in [2.24, 2.45) is 5.73 Å². The summed E-state index contributed by atoms with van der Waals surface area (Å²) in [4.78, 5) is 23.3. The third-order valence-electron chi connectivity index (χ3n) is 3.05. The molecule has 0 unspecified atom stereocenters.